The van der Waals surface area contributed by atoms with E-state index in [4.69, 9.17) is 4.74 Å². The minimum absolute atomic E-state index is 0.224. The predicted molar refractivity (Wildman–Crippen MR) is 73.5 cm³/mol. The molecule has 0 bridgehead atoms. The first-order valence-corrected chi connectivity index (χ1v) is 7.45. The molecule has 1 heterocycles. The molecule has 1 saturated carbocycles. The lowest BCUT2D eigenvalue weighted by Gasteiger charge is -2.25. The number of nitrogens with one attached hydrogen (secondary N) is 2. The van der Waals surface area contributed by atoms with Crippen LogP contribution >= 0.6 is 0 Å². The highest BCUT2D eigenvalue weighted by Crippen LogP contribution is 2.37. The van der Waals surface area contributed by atoms with Crippen molar-refractivity contribution in [2.75, 3.05) is 26.3 Å². The molecule has 0 unspecified atom stereocenters. The number of hydrogen-bond acceptors (Lipinski definition) is 3. The van der Waals surface area contributed by atoms with Gasteiger partial charge in [0.2, 0.25) is 0 Å². The molecular weight excluding hydrogens is 260 g/mol. The van der Waals surface area contributed by atoms with Crippen LogP contribution in [-0.2, 0) is 9.53 Å². The number of urea groups is 1. The van der Waals surface area contributed by atoms with E-state index in [1.165, 1.54) is 0 Å². The van der Waals surface area contributed by atoms with Crippen LogP contribution in [0.15, 0.2) is 0 Å². The summed E-state index contributed by atoms with van der Waals surface area (Å²) >= 11 is 0. The topological polar surface area (TPSA) is 87.7 Å². The van der Waals surface area contributed by atoms with E-state index in [-0.39, 0.29) is 12.6 Å². The van der Waals surface area contributed by atoms with Gasteiger partial charge in [0.15, 0.2) is 0 Å². The maximum absolute atomic E-state index is 11.8. The quantitative estimate of drug-likeness (QED) is 0.711. The normalized spacial score (nSPS) is 22.4. The van der Waals surface area contributed by atoms with Crippen LogP contribution in [0.4, 0.5) is 4.79 Å². The van der Waals surface area contributed by atoms with Crippen LogP contribution in [0.1, 0.15) is 38.5 Å². The summed E-state index contributed by atoms with van der Waals surface area (Å²) in [6.45, 7) is 2.38. The highest BCUT2D eigenvalue weighted by molar-refractivity contribution is 5.78. The molecule has 1 aliphatic carbocycles. The standard InChI is InChI=1S/C14H24N2O4/c17-12(18)14(5-1-2-6-14)10-16-13(19)15-9-11-3-7-20-8-4-11/h11H,1-10H2,(H,17,18)(H2,15,16,19). The zero-order valence-electron chi connectivity index (χ0n) is 11.8. The summed E-state index contributed by atoms with van der Waals surface area (Å²) in [5, 5.41) is 14.9. The van der Waals surface area contributed by atoms with Gasteiger partial charge in [0, 0.05) is 26.3 Å². The SMILES string of the molecule is O=C(NCC1CCOCC1)NCC1(C(=O)O)CCCC1. The molecule has 3 N–H and O–H groups in total. The van der Waals surface area contributed by atoms with Gasteiger partial charge >= 0.3 is 12.0 Å². The van der Waals surface area contributed by atoms with Crippen LogP contribution in [0.5, 0.6) is 0 Å². The number of carbonyl (C=O) groups excluding carboxylic acids is 1. The van der Waals surface area contributed by atoms with Crippen LogP contribution in [0.25, 0.3) is 0 Å². The van der Waals surface area contributed by atoms with Gasteiger partial charge in [0.25, 0.3) is 0 Å². The number of aliphatic carboxylic acids is 1. The highest BCUT2D eigenvalue weighted by Gasteiger charge is 2.41. The fourth-order valence-electron chi connectivity index (χ4n) is 3.02. The Hall–Kier alpha value is -1.30. The lowest BCUT2D eigenvalue weighted by Crippen LogP contribution is -2.46. The summed E-state index contributed by atoms with van der Waals surface area (Å²) in [7, 11) is 0. The Kier molecular flexibility index (Phi) is 5.23. The van der Waals surface area contributed by atoms with Gasteiger partial charge in [-0.15, -0.1) is 0 Å². The summed E-state index contributed by atoms with van der Waals surface area (Å²) in [6, 6.07) is -0.260. The van der Waals surface area contributed by atoms with E-state index in [2.05, 4.69) is 10.6 Å². The van der Waals surface area contributed by atoms with Gasteiger partial charge in [0.05, 0.1) is 5.41 Å². The van der Waals surface area contributed by atoms with E-state index in [9.17, 15) is 14.7 Å². The monoisotopic (exact) mass is 284 g/mol. The molecule has 0 radical (unpaired) electrons. The minimum atomic E-state index is -0.792. The van der Waals surface area contributed by atoms with E-state index >= 15 is 0 Å². The average Bonchev–Trinajstić information content (AvgIpc) is 2.94. The number of carboxylic acids is 1. The fourth-order valence-corrected chi connectivity index (χ4v) is 3.02. The predicted octanol–water partition coefficient (Wildman–Crippen LogP) is 1.36. The van der Waals surface area contributed by atoms with Crippen LogP contribution in [0.2, 0.25) is 0 Å². The van der Waals surface area contributed by atoms with E-state index < -0.39 is 11.4 Å². The number of carboxylic acid groups (broad SMARTS) is 1. The molecule has 2 aliphatic rings. The molecule has 1 saturated heterocycles. The molecule has 2 rings (SSSR count). The number of hydrogen-bond donors (Lipinski definition) is 3. The van der Waals surface area contributed by atoms with Crippen LogP contribution < -0.4 is 10.6 Å². The molecule has 0 atom stereocenters. The van der Waals surface area contributed by atoms with Crippen molar-refractivity contribution >= 4 is 12.0 Å². The highest BCUT2D eigenvalue weighted by atomic mass is 16.5. The largest absolute Gasteiger partial charge is 0.481 e. The Morgan fingerprint density at radius 1 is 1.15 bits per heavy atom. The van der Waals surface area contributed by atoms with Crippen molar-refractivity contribution in [1.29, 1.82) is 0 Å². The summed E-state index contributed by atoms with van der Waals surface area (Å²) < 4.78 is 5.27. The first-order valence-electron chi connectivity index (χ1n) is 7.45. The van der Waals surface area contributed by atoms with Gasteiger partial charge in [-0.3, -0.25) is 4.79 Å². The number of rotatable bonds is 5. The first kappa shape index (κ1) is 15.1. The number of amides is 2. The van der Waals surface area contributed by atoms with Crippen molar-refractivity contribution in [3.63, 3.8) is 0 Å². The van der Waals surface area contributed by atoms with Gasteiger partial charge in [-0.2, -0.15) is 0 Å². The van der Waals surface area contributed by atoms with E-state index in [0.717, 1.165) is 38.9 Å². The summed E-state index contributed by atoms with van der Waals surface area (Å²) in [5.41, 5.74) is -0.754. The maximum atomic E-state index is 11.8. The summed E-state index contributed by atoms with van der Waals surface area (Å²) in [6.07, 6.45) is 5.11. The number of carbonyl (C=O) groups is 2. The van der Waals surface area contributed by atoms with Crippen molar-refractivity contribution in [3.8, 4) is 0 Å². The molecule has 2 fully saturated rings. The molecule has 0 aromatic heterocycles. The van der Waals surface area contributed by atoms with Gasteiger partial charge in [-0.25, -0.2) is 4.79 Å². The smallest absolute Gasteiger partial charge is 0.314 e. The Labute approximate surface area is 119 Å². The second-order valence-electron chi connectivity index (χ2n) is 5.91. The molecule has 0 aromatic rings. The molecule has 6 heteroatoms. The molecule has 0 spiro atoms. The van der Waals surface area contributed by atoms with Crippen molar-refractivity contribution < 1.29 is 19.4 Å². The second-order valence-corrected chi connectivity index (χ2v) is 5.91. The maximum Gasteiger partial charge on any atom is 0.314 e. The van der Waals surface area contributed by atoms with Crippen molar-refractivity contribution in [2.45, 2.75) is 38.5 Å². The van der Waals surface area contributed by atoms with Crippen LogP contribution in [0, 0.1) is 11.3 Å². The second kappa shape index (κ2) is 6.92. The Balaban J connectivity index is 1.70. The molecule has 20 heavy (non-hydrogen) atoms. The molecule has 1 aliphatic heterocycles. The first-order chi connectivity index (χ1) is 9.62. The molecule has 0 aromatic carbocycles. The van der Waals surface area contributed by atoms with Gasteiger partial charge in [-0.05, 0) is 31.6 Å². The molecule has 6 nitrogen and oxygen atoms in total. The van der Waals surface area contributed by atoms with Crippen molar-refractivity contribution in [2.24, 2.45) is 11.3 Å². The van der Waals surface area contributed by atoms with Gasteiger partial charge in [0.1, 0.15) is 0 Å². The Morgan fingerprint density at radius 3 is 2.40 bits per heavy atom. The zero-order chi connectivity index (χ0) is 14.4. The van der Waals surface area contributed by atoms with Gasteiger partial charge < -0.3 is 20.5 Å². The van der Waals surface area contributed by atoms with Crippen LogP contribution in [0.3, 0.4) is 0 Å². The summed E-state index contributed by atoms with van der Waals surface area (Å²) in [5.74, 6) is -0.325. The molecule has 2 amide bonds. The molecular formula is C14H24N2O4. The average molecular weight is 284 g/mol. The van der Waals surface area contributed by atoms with Gasteiger partial charge in [-0.1, -0.05) is 12.8 Å². The third-order valence-electron chi connectivity index (χ3n) is 4.49. The summed E-state index contributed by atoms with van der Waals surface area (Å²) in [4.78, 5) is 23.1. The Bertz CT molecular complexity index is 347. The lowest BCUT2D eigenvalue weighted by atomic mass is 9.86. The number of ether oxygens (including phenoxy) is 1. The van der Waals surface area contributed by atoms with E-state index in [1.807, 2.05) is 0 Å². The third-order valence-corrected chi connectivity index (χ3v) is 4.49. The van der Waals surface area contributed by atoms with Crippen molar-refractivity contribution in [3.05, 3.63) is 0 Å². The minimum Gasteiger partial charge on any atom is -0.481 e. The fraction of sp³-hybridized carbons (Fsp3) is 0.857. The third kappa shape index (κ3) is 3.85. The van der Waals surface area contributed by atoms with E-state index in [1.54, 1.807) is 0 Å². The lowest BCUT2D eigenvalue weighted by molar-refractivity contribution is -0.148. The molecule has 114 valence electrons. The Morgan fingerprint density at radius 2 is 1.80 bits per heavy atom. The van der Waals surface area contributed by atoms with Crippen molar-refractivity contribution in [1.82, 2.24) is 10.6 Å². The zero-order valence-corrected chi connectivity index (χ0v) is 11.8. The van der Waals surface area contributed by atoms with Crippen LogP contribution in [-0.4, -0.2) is 43.4 Å². The van der Waals surface area contributed by atoms with E-state index in [0.29, 0.717) is 25.3 Å².